The molecule has 0 saturated heterocycles. The van der Waals surface area contributed by atoms with Gasteiger partial charge in [0, 0.05) is 35.0 Å². The summed E-state index contributed by atoms with van der Waals surface area (Å²) in [4.78, 5) is 15.8. The zero-order valence-electron chi connectivity index (χ0n) is 14.8. The van der Waals surface area contributed by atoms with Crippen LogP contribution in [-0.4, -0.2) is 19.6 Å². The molecular formula is C21H20FNO2S. The van der Waals surface area contributed by atoms with Crippen molar-refractivity contribution in [3.8, 4) is 0 Å². The Hall–Kier alpha value is -2.24. The molecule has 0 bridgehead atoms. The van der Waals surface area contributed by atoms with Gasteiger partial charge in [0.2, 0.25) is 0 Å². The van der Waals surface area contributed by atoms with Crippen LogP contribution >= 0.6 is 11.3 Å². The van der Waals surface area contributed by atoms with Gasteiger partial charge in [-0.1, -0.05) is 23.8 Å². The third-order valence-electron chi connectivity index (χ3n) is 4.84. The second-order valence-corrected chi connectivity index (χ2v) is 7.70. The van der Waals surface area contributed by atoms with E-state index >= 15 is 0 Å². The van der Waals surface area contributed by atoms with Gasteiger partial charge in [0.15, 0.2) is 0 Å². The molecule has 26 heavy (non-hydrogen) atoms. The molecule has 4 rings (SSSR count). The third kappa shape index (κ3) is 2.81. The lowest BCUT2D eigenvalue weighted by Gasteiger charge is -2.29. The van der Waals surface area contributed by atoms with Crippen molar-refractivity contribution in [1.82, 2.24) is 0 Å². The largest absolute Gasteiger partial charge is 0.380 e. The maximum atomic E-state index is 14.4. The van der Waals surface area contributed by atoms with Crippen LogP contribution in [0.25, 0.3) is 10.1 Å². The van der Waals surface area contributed by atoms with E-state index < -0.39 is 0 Å². The van der Waals surface area contributed by atoms with E-state index in [0.29, 0.717) is 22.4 Å². The van der Waals surface area contributed by atoms with Gasteiger partial charge < -0.3 is 9.64 Å². The van der Waals surface area contributed by atoms with Gasteiger partial charge in [-0.3, -0.25) is 4.79 Å². The zero-order valence-corrected chi connectivity index (χ0v) is 15.7. The molecule has 0 saturated carbocycles. The number of ether oxygens (including phenoxy) is 1. The number of carbonyl (C=O) groups is 1. The summed E-state index contributed by atoms with van der Waals surface area (Å²) in [6.07, 6.45) is 1.91. The molecule has 0 fully saturated rings. The van der Waals surface area contributed by atoms with Crippen molar-refractivity contribution in [1.29, 1.82) is 0 Å². The van der Waals surface area contributed by atoms with Crippen molar-refractivity contribution < 1.29 is 13.9 Å². The number of nitrogens with zero attached hydrogens (tertiary/aromatic N) is 1. The molecule has 0 N–H and O–H groups in total. The maximum absolute atomic E-state index is 14.4. The molecule has 1 aliphatic rings. The molecule has 1 aliphatic heterocycles. The summed E-state index contributed by atoms with van der Waals surface area (Å²) in [5, 5.41) is 0.504. The van der Waals surface area contributed by atoms with Gasteiger partial charge in [0.1, 0.15) is 5.82 Å². The molecule has 1 aromatic heterocycles. The van der Waals surface area contributed by atoms with Gasteiger partial charge in [-0.25, -0.2) is 4.39 Å². The first-order valence-electron chi connectivity index (χ1n) is 8.70. The SMILES string of the molecule is COCc1c(C(=O)N2CCCc3cc(C)ccc32)sc2cccc(F)c12. The monoisotopic (exact) mass is 369 g/mol. The van der Waals surface area contributed by atoms with Gasteiger partial charge in [0.05, 0.1) is 11.5 Å². The molecular weight excluding hydrogens is 349 g/mol. The molecule has 2 heterocycles. The van der Waals surface area contributed by atoms with E-state index in [1.54, 1.807) is 13.2 Å². The van der Waals surface area contributed by atoms with Crippen molar-refractivity contribution >= 4 is 33.0 Å². The number of fused-ring (bicyclic) bond motifs is 2. The summed E-state index contributed by atoms with van der Waals surface area (Å²) >= 11 is 1.35. The Morgan fingerprint density at radius 1 is 1.31 bits per heavy atom. The maximum Gasteiger partial charge on any atom is 0.268 e. The summed E-state index contributed by atoms with van der Waals surface area (Å²) in [5.41, 5.74) is 4.01. The number of hydrogen-bond donors (Lipinski definition) is 0. The number of amides is 1. The fourth-order valence-electron chi connectivity index (χ4n) is 3.68. The van der Waals surface area contributed by atoms with Crippen LogP contribution in [0.2, 0.25) is 0 Å². The lowest BCUT2D eigenvalue weighted by molar-refractivity contribution is 0.0985. The van der Waals surface area contributed by atoms with Crippen molar-refractivity contribution in [3.63, 3.8) is 0 Å². The molecule has 134 valence electrons. The number of halogens is 1. The fourth-order valence-corrected chi connectivity index (χ4v) is 4.85. The van der Waals surface area contributed by atoms with Crippen molar-refractivity contribution in [2.45, 2.75) is 26.4 Å². The lowest BCUT2D eigenvalue weighted by atomic mass is 9.99. The summed E-state index contributed by atoms with van der Waals surface area (Å²) in [7, 11) is 1.57. The van der Waals surface area contributed by atoms with Crippen LogP contribution in [0.15, 0.2) is 36.4 Å². The number of aryl methyl sites for hydroxylation is 2. The predicted molar refractivity (Wildman–Crippen MR) is 104 cm³/mol. The normalized spacial score (nSPS) is 13.9. The Morgan fingerprint density at radius 2 is 2.15 bits per heavy atom. The van der Waals surface area contributed by atoms with Crippen molar-refractivity contribution in [2.75, 3.05) is 18.6 Å². The number of thiophene rings is 1. The minimum atomic E-state index is -0.306. The Bertz CT molecular complexity index is 995. The topological polar surface area (TPSA) is 29.5 Å². The van der Waals surface area contributed by atoms with Crippen LogP contribution < -0.4 is 4.90 Å². The third-order valence-corrected chi connectivity index (χ3v) is 6.03. The molecule has 0 atom stereocenters. The fraction of sp³-hybridized carbons (Fsp3) is 0.286. The number of rotatable bonds is 3. The number of methoxy groups -OCH3 is 1. The first kappa shape index (κ1) is 17.2. The average molecular weight is 369 g/mol. The van der Waals surface area contributed by atoms with Crippen LogP contribution in [-0.2, 0) is 17.8 Å². The molecule has 3 nitrogen and oxygen atoms in total. The van der Waals surface area contributed by atoms with Gasteiger partial charge in [-0.2, -0.15) is 0 Å². The van der Waals surface area contributed by atoms with E-state index in [1.165, 1.54) is 28.5 Å². The zero-order chi connectivity index (χ0) is 18.3. The number of carbonyl (C=O) groups excluding carboxylic acids is 1. The first-order chi connectivity index (χ1) is 12.6. The molecule has 0 radical (unpaired) electrons. The van der Waals surface area contributed by atoms with E-state index in [9.17, 15) is 9.18 Å². The van der Waals surface area contributed by atoms with Gasteiger partial charge in [-0.15, -0.1) is 11.3 Å². The molecule has 5 heteroatoms. The number of anilines is 1. The Kier molecular flexibility index (Phi) is 4.51. The van der Waals surface area contributed by atoms with Crippen LogP contribution in [0.1, 0.15) is 32.8 Å². The summed E-state index contributed by atoms with van der Waals surface area (Å²) in [6.45, 7) is 2.96. The molecule has 1 amide bonds. The van der Waals surface area contributed by atoms with E-state index in [0.717, 1.165) is 23.2 Å². The Balaban J connectivity index is 1.83. The second kappa shape index (κ2) is 6.82. The highest BCUT2D eigenvalue weighted by Crippen LogP contribution is 2.37. The first-order valence-corrected chi connectivity index (χ1v) is 9.52. The van der Waals surface area contributed by atoms with Gasteiger partial charge in [0.25, 0.3) is 5.91 Å². The molecule has 0 aliphatic carbocycles. The highest BCUT2D eigenvalue weighted by Gasteiger charge is 2.28. The highest BCUT2D eigenvalue weighted by molar-refractivity contribution is 7.21. The summed E-state index contributed by atoms with van der Waals surface area (Å²) < 4.78 is 20.5. The van der Waals surface area contributed by atoms with Gasteiger partial charge >= 0.3 is 0 Å². The average Bonchev–Trinajstić information content (AvgIpc) is 3.00. The molecule has 0 unspecified atom stereocenters. The predicted octanol–water partition coefficient (Wildman–Crippen LogP) is 5.09. The van der Waals surface area contributed by atoms with E-state index in [-0.39, 0.29) is 18.3 Å². The standard InChI is InChI=1S/C21H20FNO2S/c1-13-8-9-17-14(11-13)5-4-10-23(17)21(24)20-15(12-25-2)19-16(22)6-3-7-18(19)26-20/h3,6-9,11H,4-5,10,12H2,1-2H3. The van der Waals surface area contributed by atoms with Crippen LogP contribution in [0.4, 0.5) is 10.1 Å². The quantitative estimate of drug-likeness (QED) is 0.644. The Labute approximate surface area is 156 Å². The highest BCUT2D eigenvalue weighted by atomic mass is 32.1. The van der Waals surface area contributed by atoms with Crippen LogP contribution in [0.3, 0.4) is 0 Å². The van der Waals surface area contributed by atoms with Crippen molar-refractivity contribution in [3.05, 3.63) is 63.8 Å². The second-order valence-electron chi connectivity index (χ2n) is 6.65. The molecule has 3 aromatic rings. The number of hydrogen-bond acceptors (Lipinski definition) is 3. The van der Waals surface area contributed by atoms with E-state index in [2.05, 4.69) is 13.0 Å². The van der Waals surface area contributed by atoms with Crippen LogP contribution in [0.5, 0.6) is 0 Å². The minimum absolute atomic E-state index is 0.0672. The smallest absolute Gasteiger partial charge is 0.268 e. The van der Waals surface area contributed by atoms with Crippen molar-refractivity contribution in [2.24, 2.45) is 0 Å². The summed E-state index contributed by atoms with van der Waals surface area (Å²) in [6, 6.07) is 11.2. The number of benzene rings is 2. The minimum Gasteiger partial charge on any atom is -0.380 e. The van der Waals surface area contributed by atoms with Gasteiger partial charge in [-0.05, 0) is 43.5 Å². The Morgan fingerprint density at radius 3 is 2.96 bits per heavy atom. The van der Waals surface area contributed by atoms with E-state index in [4.69, 9.17) is 4.74 Å². The lowest BCUT2D eigenvalue weighted by Crippen LogP contribution is -2.35. The summed E-state index contributed by atoms with van der Waals surface area (Å²) in [5.74, 6) is -0.373. The van der Waals surface area contributed by atoms with Crippen LogP contribution in [0, 0.1) is 12.7 Å². The van der Waals surface area contributed by atoms with E-state index in [1.807, 2.05) is 23.1 Å². The molecule has 0 spiro atoms. The molecule has 2 aromatic carbocycles.